The van der Waals surface area contributed by atoms with Crippen LogP contribution in [0.4, 0.5) is 0 Å². The van der Waals surface area contributed by atoms with Crippen LogP contribution in [0.15, 0.2) is 0 Å². The van der Waals surface area contributed by atoms with E-state index in [2.05, 4.69) is 0 Å². The molecule has 7 heteroatoms. The van der Waals surface area contributed by atoms with Gasteiger partial charge in [-0.15, -0.1) is 0 Å². The van der Waals surface area contributed by atoms with Crippen molar-refractivity contribution in [3.63, 3.8) is 0 Å². The Kier molecular flexibility index (Phi) is 3.31. The second-order valence-corrected chi connectivity index (χ2v) is 3.63. The first-order valence-corrected chi connectivity index (χ1v) is 4.51. The first kappa shape index (κ1) is 12.3. The van der Waals surface area contributed by atoms with Crippen molar-refractivity contribution in [1.82, 2.24) is 5.32 Å². The average Bonchev–Trinajstić information content (AvgIpc) is 2.10. The van der Waals surface area contributed by atoms with Crippen LogP contribution in [0.1, 0.15) is 13.8 Å². The third-order valence-electron chi connectivity index (χ3n) is 2.28. The molecular weight excluding hydrogens is 206 g/mol. The van der Waals surface area contributed by atoms with Gasteiger partial charge in [-0.25, -0.2) is 0 Å². The monoisotopic (exact) mass is 221 g/mol. The van der Waals surface area contributed by atoms with E-state index in [0.717, 1.165) is 6.92 Å². The van der Waals surface area contributed by atoms with Crippen molar-refractivity contribution >= 4 is 5.91 Å². The Labute approximate surface area is 86.3 Å². The predicted octanol–water partition coefficient (Wildman–Crippen LogP) is -2.73. The average molecular weight is 221 g/mol. The highest BCUT2D eigenvalue weighted by Gasteiger charge is 2.52. The van der Waals surface area contributed by atoms with Crippen LogP contribution >= 0.6 is 0 Å². The number of nitrogens with one attached hydrogen (secondary N) is 1. The molecule has 1 aliphatic rings. The van der Waals surface area contributed by atoms with Gasteiger partial charge in [0.05, 0.1) is 6.10 Å². The maximum Gasteiger partial charge on any atom is 0.279 e. The molecule has 1 fully saturated rings. The molecule has 1 rings (SSSR count). The number of hydrogen-bond donors (Lipinski definition) is 5. The number of ether oxygens (including phenoxy) is 1. The fraction of sp³-hybridized carbons (Fsp3) is 0.875. The Morgan fingerprint density at radius 1 is 1.33 bits per heavy atom. The van der Waals surface area contributed by atoms with Crippen molar-refractivity contribution in [3.8, 4) is 0 Å². The highest BCUT2D eigenvalue weighted by atomic mass is 16.7. The number of carbonyl (C=O) groups is 1. The Morgan fingerprint density at radius 2 is 1.87 bits per heavy atom. The summed E-state index contributed by atoms with van der Waals surface area (Å²) in [6, 6.07) is 0. The summed E-state index contributed by atoms with van der Waals surface area (Å²) >= 11 is 0. The zero-order valence-electron chi connectivity index (χ0n) is 8.41. The van der Waals surface area contributed by atoms with Crippen molar-refractivity contribution in [1.29, 1.82) is 0 Å². The lowest BCUT2D eigenvalue weighted by Gasteiger charge is -2.44. The summed E-state index contributed by atoms with van der Waals surface area (Å²) in [5.41, 5.74) is 0. The first-order valence-electron chi connectivity index (χ1n) is 4.51. The quantitative estimate of drug-likeness (QED) is 0.307. The second kappa shape index (κ2) is 4.03. The Hall–Kier alpha value is -0.730. The van der Waals surface area contributed by atoms with E-state index in [1.807, 2.05) is 5.32 Å². The van der Waals surface area contributed by atoms with E-state index < -0.39 is 36.2 Å². The standard InChI is InChI=1S/C8H15NO6/c1-3-5(11)6(12)7(13)8(14,15-3)9-4(2)10/h3,5-7,11-14H,1-2H3,(H,9,10)/t3-,5-,6+,7+,8?/m0/s1. The minimum absolute atomic E-state index is 0.632. The molecule has 1 heterocycles. The molecule has 0 aromatic carbocycles. The van der Waals surface area contributed by atoms with Crippen molar-refractivity contribution in [3.05, 3.63) is 0 Å². The van der Waals surface area contributed by atoms with E-state index >= 15 is 0 Å². The maximum atomic E-state index is 10.8. The summed E-state index contributed by atoms with van der Waals surface area (Å²) < 4.78 is 4.84. The third-order valence-corrected chi connectivity index (χ3v) is 2.28. The second-order valence-electron chi connectivity index (χ2n) is 3.63. The van der Waals surface area contributed by atoms with E-state index in [-0.39, 0.29) is 0 Å². The Balaban J connectivity index is 2.85. The van der Waals surface area contributed by atoms with Gasteiger partial charge in [0.1, 0.15) is 12.2 Å². The summed E-state index contributed by atoms with van der Waals surface area (Å²) in [5.74, 6) is -3.00. The summed E-state index contributed by atoms with van der Waals surface area (Å²) in [4.78, 5) is 10.8. The van der Waals surface area contributed by atoms with Gasteiger partial charge in [-0.05, 0) is 6.92 Å². The normalized spacial score (nSPS) is 46.3. The number of aliphatic hydroxyl groups is 4. The predicted molar refractivity (Wildman–Crippen MR) is 47.3 cm³/mol. The summed E-state index contributed by atoms with van der Waals surface area (Å²) in [7, 11) is 0. The molecule has 7 nitrogen and oxygen atoms in total. The molecule has 1 amide bonds. The van der Waals surface area contributed by atoms with Gasteiger partial charge >= 0.3 is 0 Å². The molecule has 0 aliphatic carbocycles. The van der Waals surface area contributed by atoms with E-state index in [0.29, 0.717) is 0 Å². The van der Waals surface area contributed by atoms with Crippen LogP contribution in [0.3, 0.4) is 0 Å². The zero-order valence-corrected chi connectivity index (χ0v) is 8.41. The molecule has 1 unspecified atom stereocenters. The van der Waals surface area contributed by atoms with E-state index in [4.69, 9.17) is 4.74 Å². The van der Waals surface area contributed by atoms with Gasteiger partial charge in [0.15, 0.2) is 6.10 Å². The lowest BCUT2D eigenvalue weighted by atomic mass is 9.97. The molecule has 1 saturated heterocycles. The van der Waals surface area contributed by atoms with Crippen molar-refractivity contribution < 1.29 is 30.0 Å². The number of carbonyl (C=O) groups excluding carboxylic acids is 1. The van der Waals surface area contributed by atoms with Gasteiger partial charge in [-0.2, -0.15) is 0 Å². The lowest BCUT2D eigenvalue weighted by Crippen LogP contribution is -2.70. The van der Waals surface area contributed by atoms with Gasteiger partial charge < -0.3 is 30.5 Å². The minimum atomic E-state index is -2.37. The van der Waals surface area contributed by atoms with Gasteiger partial charge in [-0.3, -0.25) is 4.79 Å². The summed E-state index contributed by atoms with van der Waals surface area (Å²) in [6.07, 6.45) is -5.65. The van der Waals surface area contributed by atoms with Crippen LogP contribution in [0.2, 0.25) is 0 Å². The van der Waals surface area contributed by atoms with Crippen LogP contribution in [-0.4, -0.2) is 56.7 Å². The molecule has 5 N–H and O–H groups in total. The SMILES string of the molecule is CC(=O)NC1(O)O[C@@H](C)[C@H](O)[C@@H](O)[C@H]1O. The van der Waals surface area contributed by atoms with Crippen molar-refractivity contribution in [2.24, 2.45) is 0 Å². The zero-order chi connectivity index (χ0) is 11.8. The smallest absolute Gasteiger partial charge is 0.279 e. The largest absolute Gasteiger partial charge is 0.388 e. The number of amides is 1. The molecule has 0 aromatic heterocycles. The number of aliphatic hydroxyl groups excluding tert-OH is 3. The molecule has 0 aromatic rings. The number of rotatable bonds is 1. The molecule has 15 heavy (non-hydrogen) atoms. The van der Waals surface area contributed by atoms with Crippen LogP contribution < -0.4 is 5.32 Å². The Bertz CT molecular complexity index is 260. The molecule has 0 bridgehead atoms. The van der Waals surface area contributed by atoms with Crippen molar-refractivity contribution in [2.45, 2.75) is 44.2 Å². The third kappa shape index (κ3) is 2.27. The van der Waals surface area contributed by atoms with Crippen LogP contribution in [0.25, 0.3) is 0 Å². The van der Waals surface area contributed by atoms with Crippen molar-refractivity contribution in [2.75, 3.05) is 0 Å². The molecule has 1 aliphatic heterocycles. The van der Waals surface area contributed by atoms with E-state index in [9.17, 15) is 25.2 Å². The summed E-state index contributed by atoms with van der Waals surface area (Å²) in [5, 5.41) is 39.8. The molecular formula is C8H15NO6. The first-order chi connectivity index (χ1) is 6.78. The van der Waals surface area contributed by atoms with Gasteiger partial charge in [-0.1, -0.05) is 0 Å². The van der Waals surface area contributed by atoms with Gasteiger partial charge in [0.2, 0.25) is 5.91 Å². The van der Waals surface area contributed by atoms with Gasteiger partial charge in [0.25, 0.3) is 5.91 Å². The summed E-state index contributed by atoms with van der Waals surface area (Å²) in [6.45, 7) is 2.52. The van der Waals surface area contributed by atoms with Gasteiger partial charge in [0, 0.05) is 6.92 Å². The molecule has 0 spiro atoms. The van der Waals surface area contributed by atoms with E-state index in [1.165, 1.54) is 6.92 Å². The fourth-order valence-corrected chi connectivity index (χ4v) is 1.47. The highest BCUT2D eigenvalue weighted by molar-refractivity contribution is 5.73. The van der Waals surface area contributed by atoms with Crippen LogP contribution in [0.5, 0.6) is 0 Å². The Morgan fingerprint density at radius 3 is 2.33 bits per heavy atom. The number of hydrogen-bond acceptors (Lipinski definition) is 6. The minimum Gasteiger partial charge on any atom is -0.388 e. The molecule has 0 saturated carbocycles. The topological polar surface area (TPSA) is 119 Å². The molecule has 5 atom stereocenters. The van der Waals surface area contributed by atoms with E-state index in [1.54, 1.807) is 0 Å². The lowest BCUT2D eigenvalue weighted by molar-refractivity contribution is -0.351. The highest BCUT2D eigenvalue weighted by Crippen LogP contribution is 2.25. The van der Waals surface area contributed by atoms with Crippen LogP contribution in [-0.2, 0) is 9.53 Å². The van der Waals surface area contributed by atoms with Crippen LogP contribution in [0, 0.1) is 0 Å². The fourth-order valence-electron chi connectivity index (χ4n) is 1.47. The maximum absolute atomic E-state index is 10.8. The molecule has 88 valence electrons. The molecule has 0 radical (unpaired) electrons.